The van der Waals surface area contributed by atoms with Crippen LogP contribution in [0.1, 0.15) is 24.1 Å². The number of benzene rings is 1. The fourth-order valence-electron chi connectivity index (χ4n) is 4.81. The summed E-state index contributed by atoms with van der Waals surface area (Å²) in [6.45, 7) is 2.84. The van der Waals surface area contributed by atoms with Crippen LogP contribution in [0, 0.1) is 24.4 Å². The van der Waals surface area contributed by atoms with Gasteiger partial charge in [0.15, 0.2) is 40.9 Å². The van der Waals surface area contributed by atoms with Gasteiger partial charge in [0.1, 0.15) is 24.3 Å². The average molecular weight is 520 g/mol. The number of phenols is 1. The molecule has 2 fully saturated rings. The average Bonchev–Trinajstić information content (AvgIpc) is 3.47. The number of halogens is 6. The van der Waals surface area contributed by atoms with E-state index in [0.29, 0.717) is 24.3 Å². The van der Waals surface area contributed by atoms with Crippen molar-refractivity contribution in [3.05, 3.63) is 40.8 Å². The molecule has 0 bridgehead atoms. The lowest BCUT2D eigenvalue weighted by Crippen LogP contribution is -2.62. The minimum atomic E-state index is -5.22. The highest BCUT2D eigenvalue weighted by atomic mass is 32.2. The molecule has 1 aliphatic heterocycles. The van der Waals surface area contributed by atoms with E-state index in [4.69, 9.17) is 0 Å². The minimum absolute atomic E-state index is 0.0184. The fourth-order valence-corrected chi connectivity index (χ4v) is 5.31. The number of alkyl halides is 3. The second-order valence-electron chi connectivity index (χ2n) is 9.25. The Morgan fingerprint density at radius 1 is 1.17 bits per heavy atom. The fraction of sp³-hybridized carbons (Fsp3) is 0.429. The van der Waals surface area contributed by atoms with Crippen molar-refractivity contribution in [1.29, 1.82) is 0 Å². The molecule has 14 heteroatoms. The van der Waals surface area contributed by atoms with E-state index < -0.39 is 46.2 Å². The molecular weight excluding hydrogens is 500 g/mol. The lowest BCUT2D eigenvalue weighted by Gasteiger charge is -2.44. The second kappa shape index (κ2) is 7.56. The molecular formula is C21H20F6N5O2S+. The number of piperazine rings is 1. The summed E-state index contributed by atoms with van der Waals surface area (Å²) in [5, 5.41) is 13.7. The van der Waals surface area contributed by atoms with Gasteiger partial charge < -0.3 is 10.0 Å². The van der Waals surface area contributed by atoms with E-state index >= 15 is 4.39 Å². The first kappa shape index (κ1) is 23.9. The van der Waals surface area contributed by atoms with Crippen molar-refractivity contribution in [2.75, 3.05) is 31.6 Å². The van der Waals surface area contributed by atoms with Crippen molar-refractivity contribution in [1.82, 2.24) is 14.8 Å². The second-order valence-corrected chi connectivity index (χ2v) is 10.4. The number of aromatic hydroxyl groups is 1. The Labute approximate surface area is 198 Å². The number of hydrogen-bond acceptors (Lipinski definition) is 5. The molecule has 1 spiro atoms. The van der Waals surface area contributed by atoms with E-state index in [9.17, 15) is 31.3 Å². The lowest BCUT2D eigenvalue weighted by atomic mass is 10.1. The molecule has 0 radical (unpaired) electrons. The van der Waals surface area contributed by atoms with Crippen molar-refractivity contribution in [3.63, 3.8) is 0 Å². The molecule has 35 heavy (non-hydrogen) atoms. The molecule has 188 valence electrons. The number of likely N-dealkylation sites (N-methyl/N-ethyl adjacent to an activating group) is 1. The summed E-state index contributed by atoms with van der Waals surface area (Å²) in [5.74, 6) is -6.43. The van der Waals surface area contributed by atoms with Crippen LogP contribution in [-0.2, 0) is 18.0 Å². The maximum absolute atomic E-state index is 15.4. The summed E-state index contributed by atoms with van der Waals surface area (Å²) in [6, 6.07) is 1.15. The first-order chi connectivity index (χ1) is 16.3. The summed E-state index contributed by atoms with van der Waals surface area (Å²) in [7, 11) is 1.84. The predicted molar refractivity (Wildman–Crippen MR) is 115 cm³/mol. The first-order valence-corrected chi connectivity index (χ1v) is 11.4. The highest BCUT2D eigenvalue weighted by Gasteiger charge is 2.57. The maximum atomic E-state index is 15.4. The van der Waals surface area contributed by atoms with Gasteiger partial charge in [-0.2, -0.15) is 18.3 Å². The Morgan fingerprint density at radius 3 is 2.46 bits per heavy atom. The summed E-state index contributed by atoms with van der Waals surface area (Å²) < 4.78 is 96.3. The van der Waals surface area contributed by atoms with Crippen molar-refractivity contribution >= 4 is 28.7 Å². The number of pyridine rings is 1. The van der Waals surface area contributed by atoms with Gasteiger partial charge in [0, 0.05) is 6.07 Å². The number of quaternary nitrogens is 1. The van der Waals surface area contributed by atoms with Crippen LogP contribution in [0.2, 0.25) is 0 Å². The molecule has 1 aromatic carbocycles. The Balaban J connectivity index is 1.65. The van der Waals surface area contributed by atoms with Gasteiger partial charge >= 0.3 is 6.18 Å². The lowest BCUT2D eigenvalue weighted by molar-refractivity contribution is -0.782. The summed E-state index contributed by atoms with van der Waals surface area (Å²) in [6.07, 6.45) is -3.70. The minimum Gasteiger partial charge on any atom is -0.503 e. The SMILES string of the molecule is Cc1nn(-c2cc(C(F)(F)F)c(F)c(O)c2F)c2cc(F)c(N3CC[N@@+](C)([SH]=O)CC34CC4)nc12. The molecule has 7 nitrogen and oxygen atoms in total. The number of thiol groups is 1. The van der Waals surface area contributed by atoms with Crippen LogP contribution in [0.25, 0.3) is 16.7 Å². The molecule has 1 saturated carbocycles. The monoisotopic (exact) mass is 520 g/mol. The van der Waals surface area contributed by atoms with Gasteiger partial charge in [0.25, 0.3) is 0 Å². The van der Waals surface area contributed by atoms with Crippen molar-refractivity contribution in [3.8, 4) is 11.4 Å². The number of rotatable bonds is 3. The molecule has 0 unspecified atom stereocenters. The van der Waals surface area contributed by atoms with E-state index in [1.165, 1.54) is 6.92 Å². The third-order valence-electron chi connectivity index (χ3n) is 6.74. The third-order valence-corrected chi connectivity index (χ3v) is 7.48. The number of aromatic nitrogens is 3. The van der Waals surface area contributed by atoms with Crippen LogP contribution in [0.3, 0.4) is 0 Å². The van der Waals surface area contributed by atoms with E-state index in [-0.39, 0.29) is 44.4 Å². The van der Waals surface area contributed by atoms with Crippen molar-refractivity contribution in [2.45, 2.75) is 31.5 Å². The normalized spacial score (nSPS) is 21.8. The molecule has 1 saturated heterocycles. The first-order valence-electron chi connectivity index (χ1n) is 10.6. The zero-order chi connectivity index (χ0) is 25.5. The van der Waals surface area contributed by atoms with Crippen LogP contribution in [0.5, 0.6) is 5.75 Å². The van der Waals surface area contributed by atoms with E-state index in [1.54, 1.807) is 0 Å². The van der Waals surface area contributed by atoms with E-state index in [0.717, 1.165) is 18.9 Å². The van der Waals surface area contributed by atoms with Gasteiger partial charge in [-0.3, -0.25) is 0 Å². The smallest absolute Gasteiger partial charge is 0.419 e. The Hall–Kier alpha value is -2.87. The van der Waals surface area contributed by atoms with Crippen LogP contribution >= 0.6 is 0 Å². The van der Waals surface area contributed by atoms with Crippen LogP contribution in [0.15, 0.2) is 12.1 Å². The number of aryl methyl sites for hydroxylation is 1. The van der Waals surface area contributed by atoms with Crippen LogP contribution in [0.4, 0.5) is 32.2 Å². The van der Waals surface area contributed by atoms with Gasteiger partial charge in [-0.1, -0.05) is 0 Å². The predicted octanol–water partition coefficient (Wildman–Crippen LogP) is 3.53. The van der Waals surface area contributed by atoms with Crippen LogP contribution < -0.4 is 4.90 Å². The summed E-state index contributed by atoms with van der Waals surface area (Å²) in [4.78, 5) is 6.21. The largest absolute Gasteiger partial charge is 0.503 e. The summed E-state index contributed by atoms with van der Waals surface area (Å²) in [5.41, 5.74) is -3.07. The molecule has 2 aliphatic rings. The Morgan fingerprint density at radius 2 is 1.86 bits per heavy atom. The third kappa shape index (κ3) is 3.64. The molecule has 3 aromatic rings. The number of fused-ring (bicyclic) bond motifs is 1. The van der Waals surface area contributed by atoms with Gasteiger partial charge in [-0.25, -0.2) is 30.9 Å². The number of hydrogen-bond donors (Lipinski definition) is 2. The highest BCUT2D eigenvalue weighted by Crippen LogP contribution is 2.48. The standard InChI is InChI=1S/C21H19F6N5O2S/c1-10-17-14(31(29-10)13-7-11(21(25,26)27)15(23)18(33)16(13)24)8-12(22)19(28-17)30-5-6-32(2,35-34)9-20(30)3-4-20/h7-8,35H,3-6,9H2,1-2H3/p+1/t32-/m1/s1. The molecule has 2 aromatic heterocycles. The number of anilines is 1. The molecule has 1 N–H and O–H groups in total. The van der Waals surface area contributed by atoms with E-state index in [1.807, 2.05) is 11.9 Å². The molecule has 1 atom stereocenters. The molecule has 3 heterocycles. The van der Waals surface area contributed by atoms with Gasteiger partial charge in [0.2, 0.25) is 0 Å². The van der Waals surface area contributed by atoms with E-state index in [2.05, 4.69) is 10.1 Å². The van der Waals surface area contributed by atoms with Gasteiger partial charge in [0.05, 0.1) is 35.9 Å². The number of nitrogens with zero attached hydrogens (tertiary/aromatic N) is 5. The molecule has 0 amide bonds. The Kier molecular flexibility index (Phi) is 5.15. The highest BCUT2D eigenvalue weighted by molar-refractivity contribution is 7.59. The Bertz CT molecular complexity index is 1390. The topological polar surface area (TPSA) is 71.2 Å². The zero-order valence-electron chi connectivity index (χ0n) is 18.5. The van der Waals surface area contributed by atoms with Crippen LogP contribution in [-0.4, -0.2) is 60.2 Å². The molecule has 1 aliphatic carbocycles. The number of phenolic OH excluding ortho intramolecular Hbond substituents is 1. The molecule has 5 rings (SSSR count). The maximum Gasteiger partial charge on any atom is 0.419 e. The zero-order valence-corrected chi connectivity index (χ0v) is 19.4. The van der Waals surface area contributed by atoms with Crippen molar-refractivity contribution in [2.24, 2.45) is 0 Å². The van der Waals surface area contributed by atoms with Crippen molar-refractivity contribution < 1.29 is 39.5 Å². The quantitative estimate of drug-likeness (QED) is 0.314. The summed E-state index contributed by atoms with van der Waals surface area (Å²) >= 11 is -0.0413. The van der Waals surface area contributed by atoms with Gasteiger partial charge in [-0.15, -0.1) is 0 Å². The van der Waals surface area contributed by atoms with Gasteiger partial charge in [-0.05, 0) is 25.8 Å².